The molecule has 2 aliphatic rings. The van der Waals surface area contributed by atoms with Gasteiger partial charge in [-0.15, -0.1) is 0 Å². The highest BCUT2D eigenvalue weighted by Gasteiger charge is 2.29. The van der Waals surface area contributed by atoms with Crippen molar-refractivity contribution in [1.82, 2.24) is 9.55 Å². The van der Waals surface area contributed by atoms with Crippen molar-refractivity contribution in [3.05, 3.63) is 17.7 Å². The van der Waals surface area contributed by atoms with Gasteiger partial charge in [-0.25, -0.2) is 4.98 Å². The highest BCUT2D eigenvalue weighted by Crippen LogP contribution is 2.31. The fourth-order valence-corrected chi connectivity index (χ4v) is 2.74. The van der Waals surface area contributed by atoms with E-state index < -0.39 is 5.97 Å². The van der Waals surface area contributed by atoms with Crippen LogP contribution in [0.1, 0.15) is 36.9 Å². The largest absolute Gasteiger partial charge is 0.481 e. The van der Waals surface area contributed by atoms with Crippen LogP contribution in [0.15, 0.2) is 6.20 Å². The highest BCUT2D eigenvalue weighted by molar-refractivity contribution is 5.70. The van der Waals surface area contributed by atoms with E-state index >= 15 is 0 Å². The zero-order chi connectivity index (χ0) is 11.8. The maximum absolute atomic E-state index is 11.0. The second-order valence-corrected chi connectivity index (χ2v) is 4.79. The van der Waals surface area contributed by atoms with Crippen molar-refractivity contribution >= 4 is 5.97 Å². The maximum atomic E-state index is 11.0. The smallest absolute Gasteiger partial charge is 0.306 e. The first-order valence-electron chi connectivity index (χ1n) is 6.14. The van der Waals surface area contributed by atoms with Crippen LogP contribution < -0.4 is 0 Å². The Balaban J connectivity index is 1.84. The molecule has 0 saturated carbocycles. The molecule has 0 radical (unpaired) electrons. The minimum Gasteiger partial charge on any atom is -0.481 e. The van der Waals surface area contributed by atoms with E-state index in [-0.39, 0.29) is 12.0 Å². The number of aromatic nitrogens is 2. The van der Waals surface area contributed by atoms with Gasteiger partial charge in [0.1, 0.15) is 11.9 Å². The Hall–Kier alpha value is -1.36. The summed E-state index contributed by atoms with van der Waals surface area (Å²) in [5, 5.41) is 9.03. The molecule has 1 N–H and O–H groups in total. The van der Waals surface area contributed by atoms with Crippen LogP contribution in [-0.4, -0.2) is 27.2 Å². The molecule has 5 nitrogen and oxygen atoms in total. The number of carbonyl (C=O) groups is 1. The SMILES string of the molecule is O=C(O)C1CCn2c(cnc2C2CCCO2)C1. The summed E-state index contributed by atoms with van der Waals surface area (Å²) in [6.07, 6.45) is 5.33. The number of aliphatic carboxylic acids is 1. The number of rotatable bonds is 2. The van der Waals surface area contributed by atoms with Gasteiger partial charge in [-0.05, 0) is 19.3 Å². The van der Waals surface area contributed by atoms with Crippen molar-refractivity contribution in [1.29, 1.82) is 0 Å². The molecule has 2 aliphatic heterocycles. The Bertz CT molecular complexity index is 435. The number of fused-ring (bicyclic) bond motifs is 1. The van der Waals surface area contributed by atoms with Crippen LogP contribution in [0.25, 0.3) is 0 Å². The zero-order valence-corrected chi connectivity index (χ0v) is 9.63. The van der Waals surface area contributed by atoms with Gasteiger partial charge >= 0.3 is 5.97 Å². The molecular weight excluding hydrogens is 220 g/mol. The van der Waals surface area contributed by atoms with Gasteiger partial charge in [0.2, 0.25) is 0 Å². The minimum atomic E-state index is -0.698. The topological polar surface area (TPSA) is 64.3 Å². The molecule has 92 valence electrons. The average Bonchev–Trinajstić information content (AvgIpc) is 2.96. The first-order valence-corrected chi connectivity index (χ1v) is 6.14. The number of hydrogen-bond donors (Lipinski definition) is 1. The lowest BCUT2D eigenvalue weighted by atomic mass is 9.96. The van der Waals surface area contributed by atoms with Gasteiger partial charge in [0, 0.05) is 31.5 Å². The van der Waals surface area contributed by atoms with Gasteiger partial charge in [0.15, 0.2) is 0 Å². The summed E-state index contributed by atoms with van der Waals surface area (Å²) in [6, 6.07) is 0. The highest BCUT2D eigenvalue weighted by atomic mass is 16.5. The van der Waals surface area contributed by atoms with Crippen molar-refractivity contribution in [2.75, 3.05) is 6.61 Å². The number of carboxylic acid groups (broad SMARTS) is 1. The summed E-state index contributed by atoms with van der Waals surface area (Å²) in [5.41, 5.74) is 1.04. The Morgan fingerprint density at radius 2 is 2.41 bits per heavy atom. The second-order valence-electron chi connectivity index (χ2n) is 4.79. The maximum Gasteiger partial charge on any atom is 0.306 e. The summed E-state index contributed by atoms with van der Waals surface area (Å²) in [6.45, 7) is 1.56. The molecule has 17 heavy (non-hydrogen) atoms. The number of carboxylic acids is 1. The molecule has 1 saturated heterocycles. The molecule has 1 fully saturated rings. The lowest BCUT2D eigenvalue weighted by Gasteiger charge is -2.23. The van der Waals surface area contributed by atoms with E-state index in [4.69, 9.17) is 9.84 Å². The van der Waals surface area contributed by atoms with Crippen LogP contribution in [-0.2, 0) is 22.5 Å². The van der Waals surface area contributed by atoms with Crippen LogP contribution in [0.4, 0.5) is 0 Å². The Morgan fingerprint density at radius 3 is 3.12 bits per heavy atom. The molecule has 1 aromatic rings. The van der Waals surface area contributed by atoms with Gasteiger partial charge < -0.3 is 14.4 Å². The standard InChI is InChI=1S/C12H16N2O3/c15-12(16)8-3-4-14-9(6-8)7-13-11(14)10-2-1-5-17-10/h7-8,10H,1-6H2,(H,15,16). The number of imidazole rings is 1. The van der Waals surface area contributed by atoms with E-state index in [0.29, 0.717) is 12.8 Å². The Kier molecular flexibility index (Phi) is 2.63. The lowest BCUT2D eigenvalue weighted by Crippen LogP contribution is -2.26. The fraction of sp³-hybridized carbons (Fsp3) is 0.667. The molecule has 3 heterocycles. The van der Waals surface area contributed by atoms with Crippen LogP contribution >= 0.6 is 0 Å². The van der Waals surface area contributed by atoms with Crippen molar-refractivity contribution < 1.29 is 14.6 Å². The fourth-order valence-electron chi connectivity index (χ4n) is 2.74. The van der Waals surface area contributed by atoms with E-state index in [1.54, 1.807) is 0 Å². The Morgan fingerprint density at radius 1 is 1.53 bits per heavy atom. The van der Waals surface area contributed by atoms with Crippen LogP contribution in [0.2, 0.25) is 0 Å². The lowest BCUT2D eigenvalue weighted by molar-refractivity contribution is -0.142. The van der Waals surface area contributed by atoms with Crippen molar-refractivity contribution in [2.45, 2.75) is 38.3 Å². The molecule has 0 aliphatic carbocycles. The van der Waals surface area contributed by atoms with Gasteiger partial charge in [-0.2, -0.15) is 0 Å². The predicted octanol–water partition coefficient (Wildman–Crippen LogP) is 1.38. The van der Waals surface area contributed by atoms with E-state index in [2.05, 4.69) is 9.55 Å². The monoisotopic (exact) mass is 236 g/mol. The average molecular weight is 236 g/mol. The molecule has 0 spiro atoms. The molecule has 3 rings (SSSR count). The van der Waals surface area contributed by atoms with Gasteiger partial charge in [-0.1, -0.05) is 0 Å². The quantitative estimate of drug-likeness (QED) is 0.842. The predicted molar refractivity (Wildman–Crippen MR) is 59.6 cm³/mol. The van der Waals surface area contributed by atoms with E-state index in [1.165, 1.54) is 0 Å². The summed E-state index contributed by atoms with van der Waals surface area (Å²) in [4.78, 5) is 15.4. The number of nitrogens with zero attached hydrogens (tertiary/aromatic N) is 2. The van der Waals surface area contributed by atoms with E-state index in [9.17, 15) is 4.79 Å². The molecule has 0 aromatic carbocycles. The summed E-state index contributed by atoms with van der Waals surface area (Å²) >= 11 is 0. The summed E-state index contributed by atoms with van der Waals surface area (Å²) in [5.74, 6) is 0.0361. The number of hydrogen-bond acceptors (Lipinski definition) is 3. The van der Waals surface area contributed by atoms with Crippen LogP contribution in [0.5, 0.6) is 0 Å². The molecule has 2 atom stereocenters. The third-order valence-corrected chi connectivity index (χ3v) is 3.69. The first-order chi connectivity index (χ1) is 8.25. The number of ether oxygens (including phenoxy) is 1. The van der Waals surface area contributed by atoms with Crippen LogP contribution in [0.3, 0.4) is 0 Å². The molecule has 0 amide bonds. The molecular formula is C12H16N2O3. The van der Waals surface area contributed by atoms with Gasteiger partial charge in [0.05, 0.1) is 5.92 Å². The third-order valence-electron chi connectivity index (χ3n) is 3.69. The molecule has 0 bridgehead atoms. The van der Waals surface area contributed by atoms with Crippen molar-refractivity contribution in [3.8, 4) is 0 Å². The van der Waals surface area contributed by atoms with Gasteiger partial charge in [0.25, 0.3) is 0 Å². The van der Waals surface area contributed by atoms with Crippen molar-refractivity contribution in [2.24, 2.45) is 5.92 Å². The summed E-state index contributed by atoms with van der Waals surface area (Å²) in [7, 11) is 0. The normalized spacial score (nSPS) is 28.0. The van der Waals surface area contributed by atoms with Crippen LogP contribution in [0, 0.1) is 5.92 Å². The minimum absolute atomic E-state index is 0.116. The van der Waals surface area contributed by atoms with E-state index in [1.807, 2.05) is 6.20 Å². The molecule has 5 heteroatoms. The molecule has 2 unspecified atom stereocenters. The Labute approximate surface area is 99.4 Å². The van der Waals surface area contributed by atoms with Gasteiger partial charge in [-0.3, -0.25) is 4.79 Å². The first kappa shape index (κ1) is 10.8. The second kappa shape index (κ2) is 4.14. The van der Waals surface area contributed by atoms with E-state index in [0.717, 1.165) is 37.5 Å². The molecule has 1 aromatic heterocycles. The third kappa shape index (κ3) is 1.84. The van der Waals surface area contributed by atoms with Crippen molar-refractivity contribution in [3.63, 3.8) is 0 Å². The zero-order valence-electron chi connectivity index (χ0n) is 9.63. The summed E-state index contributed by atoms with van der Waals surface area (Å²) < 4.78 is 7.79.